The smallest absolute Gasteiger partial charge is 0.0779 e. The molecular formula is C25H30OS. The first-order chi connectivity index (χ1) is 13.0. The Labute approximate surface area is 168 Å². The molecule has 0 aliphatic rings. The largest absolute Gasteiger partial charge is 0.389 e. The van der Waals surface area contributed by atoms with Crippen molar-refractivity contribution in [2.45, 2.75) is 49.4 Å². The quantitative estimate of drug-likeness (QED) is 0.290. The Morgan fingerprint density at radius 1 is 1.00 bits per heavy atom. The van der Waals surface area contributed by atoms with E-state index in [1.54, 1.807) is 11.8 Å². The van der Waals surface area contributed by atoms with E-state index in [1.807, 2.05) is 55.5 Å². The first-order valence-electron chi connectivity index (χ1n) is 9.45. The molecule has 2 aromatic carbocycles. The minimum absolute atomic E-state index is 0.0223. The summed E-state index contributed by atoms with van der Waals surface area (Å²) >= 11 is 1.71. The van der Waals surface area contributed by atoms with E-state index < -0.39 is 5.60 Å². The van der Waals surface area contributed by atoms with Crippen molar-refractivity contribution in [2.75, 3.05) is 0 Å². The summed E-state index contributed by atoms with van der Waals surface area (Å²) < 4.78 is 0. The predicted octanol–water partition coefficient (Wildman–Crippen LogP) is 6.91. The van der Waals surface area contributed by atoms with E-state index in [0.717, 1.165) is 12.8 Å². The van der Waals surface area contributed by atoms with E-state index in [1.165, 1.54) is 16.0 Å². The van der Waals surface area contributed by atoms with Crippen LogP contribution in [0, 0.1) is 0 Å². The Morgan fingerprint density at radius 3 is 2.26 bits per heavy atom. The molecule has 2 aromatic rings. The molecule has 0 spiro atoms. The molecule has 0 heterocycles. The van der Waals surface area contributed by atoms with Crippen LogP contribution < -0.4 is 0 Å². The minimum Gasteiger partial charge on any atom is -0.389 e. The lowest BCUT2D eigenvalue weighted by molar-refractivity contribution is 0.0603. The van der Waals surface area contributed by atoms with Crippen LogP contribution in [0.1, 0.15) is 39.2 Å². The van der Waals surface area contributed by atoms with Gasteiger partial charge in [-0.15, -0.1) is 11.8 Å². The molecule has 0 aliphatic heterocycles. The van der Waals surface area contributed by atoms with Gasteiger partial charge in [0.25, 0.3) is 0 Å². The van der Waals surface area contributed by atoms with Gasteiger partial charge in [-0.1, -0.05) is 84.5 Å². The Kier molecular flexibility index (Phi) is 8.63. The van der Waals surface area contributed by atoms with Crippen LogP contribution in [0.3, 0.4) is 0 Å². The third-order valence-electron chi connectivity index (χ3n) is 4.31. The number of hydrogen-bond donors (Lipinski definition) is 1. The molecule has 0 saturated heterocycles. The zero-order valence-electron chi connectivity index (χ0n) is 16.5. The normalized spacial score (nSPS) is 15.0. The van der Waals surface area contributed by atoms with Gasteiger partial charge in [-0.25, -0.2) is 0 Å². The summed E-state index contributed by atoms with van der Waals surface area (Å²) in [6.07, 6.45) is 12.1. The lowest BCUT2D eigenvalue weighted by Gasteiger charge is -2.30. The summed E-state index contributed by atoms with van der Waals surface area (Å²) in [7, 11) is 0. The molecule has 142 valence electrons. The molecule has 0 amide bonds. The second kappa shape index (κ2) is 11.0. The van der Waals surface area contributed by atoms with E-state index in [9.17, 15) is 5.11 Å². The summed E-state index contributed by atoms with van der Waals surface area (Å²) in [5.74, 6) is 0. The van der Waals surface area contributed by atoms with Gasteiger partial charge >= 0.3 is 0 Å². The zero-order chi connectivity index (χ0) is 19.5. The summed E-state index contributed by atoms with van der Waals surface area (Å²) in [5, 5.41) is 11.1. The van der Waals surface area contributed by atoms with Crippen molar-refractivity contribution in [3.8, 4) is 0 Å². The van der Waals surface area contributed by atoms with Crippen LogP contribution in [0.25, 0.3) is 6.08 Å². The molecular weight excluding hydrogens is 348 g/mol. The number of aliphatic hydroxyl groups is 1. The fourth-order valence-corrected chi connectivity index (χ4v) is 3.86. The fraction of sp³-hybridized carbons (Fsp3) is 0.280. The number of thioether (sulfide) groups is 1. The van der Waals surface area contributed by atoms with Crippen molar-refractivity contribution in [3.05, 3.63) is 96.1 Å². The molecule has 2 atom stereocenters. The van der Waals surface area contributed by atoms with Crippen molar-refractivity contribution >= 4 is 17.8 Å². The highest BCUT2D eigenvalue weighted by Gasteiger charge is 2.30. The number of hydrogen-bond acceptors (Lipinski definition) is 2. The van der Waals surface area contributed by atoms with Crippen molar-refractivity contribution in [3.63, 3.8) is 0 Å². The molecule has 0 aliphatic carbocycles. The molecule has 0 aromatic heterocycles. The lowest BCUT2D eigenvalue weighted by Crippen LogP contribution is -2.35. The summed E-state index contributed by atoms with van der Waals surface area (Å²) in [4.78, 5) is 1.17. The predicted molar refractivity (Wildman–Crippen MR) is 120 cm³/mol. The molecule has 2 rings (SSSR count). The van der Waals surface area contributed by atoms with Crippen LogP contribution in [0.4, 0.5) is 0 Å². The molecule has 0 unspecified atom stereocenters. The highest BCUT2D eigenvalue weighted by Crippen LogP contribution is 2.34. The molecule has 27 heavy (non-hydrogen) atoms. The third-order valence-corrected chi connectivity index (χ3v) is 5.77. The minimum atomic E-state index is -0.788. The third kappa shape index (κ3) is 8.03. The van der Waals surface area contributed by atoms with Crippen molar-refractivity contribution in [1.82, 2.24) is 0 Å². The molecule has 1 nitrogen and oxygen atoms in total. The van der Waals surface area contributed by atoms with Gasteiger partial charge in [0.2, 0.25) is 0 Å². The van der Waals surface area contributed by atoms with Gasteiger partial charge < -0.3 is 5.11 Å². The Balaban J connectivity index is 2.11. The van der Waals surface area contributed by atoms with Gasteiger partial charge in [0.1, 0.15) is 0 Å². The molecule has 0 bridgehead atoms. The van der Waals surface area contributed by atoms with Crippen molar-refractivity contribution < 1.29 is 5.11 Å². The summed E-state index contributed by atoms with van der Waals surface area (Å²) in [6, 6.07) is 20.5. The van der Waals surface area contributed by atoms with Gasteiger partial charge in [-0.05, 0) is 51.3 Å². The van der Waals surface area contributed by atoms with Crippen LogP contribution in [-0.2, 0) is 0 Å². The fourth-order valence-electron chi connectivity index (χ4n) is 2.71. The van der Waals surface area contributed by atoms with Crippen molar-refractivity contribution in [1.29, 1.82) is 0 Å². The van der Waals surface area contributed by atoms with Crippen molar-refractivity contribution in [2.24, 2.45) is 0 Å². The zero-order valence-corrected chi connectivity index (χ0v) is 17.3. The molecule has 0 saturated carbocycles. The summed E-state index contributed by atoms with van der Waals surface area (Å²) in [6.45, 7) is 6.14. The molecule has 1 N–H and O–H groups in total. The van der Waals surface area contributed by atoms with E-state index in [2.05, 4.69) is 56.3 Å². The number of allylic oxidation sites excluding steroid dienone is 4. The Morgan fingerprint density at radius 2 is 1.63 bits per heavy atom. The summed E-state index contributed by atoms with van der Waals surface area (Å²) in [5.41, 5.74) is 1.67. The second-order valence-corrected chi connectivity index (χ2v) is 8.40. The van der Waals surface area contributed by atoms with Gasteiger partial charge in [0.05, 0.1) is 10.9 Å². The Hall–Kier alpha value is -2.03. The average Bonchev–Trinajstić information content (AvgIpc) is 2.65. The lowest BCUT2D eigenvalue weighted by atomic mass is 9.94. The monoisotopic (exact) mass is 378 g/mol. The van der Waals surface area contributed by atoms with Gasteiger partial charge in [0.15, 0.2) is 0 Å². The molecule has 0 fully saturated rings. The van der Waals surface area contributed by atoms with Gasteiger partial charge in [-0.2, -0.15) is 0 Å². The van der Waals surface area contributed by atoms with Crippen LogP contribution >= 0.6 is 11.8 Å². The van der Waals surface area contributed by atoms with Crippen LogP contribution in [0.5, 0.6) is 0 Å². The maximum absolute atomic E-state index is 11.1. The number of benzene rings is 2. The van der Waals surface area contributed by atoms with E-state index in [0.29, 0.717) is 0 Å². The van der Waals surface area contributed by atoms with E-state index in [4.69, 9.17) is 0 Å². The maximum Gasteiger partial charge on any atom is 0.0779 e. The van der Waals surface area contributed by atoms with Gasteiger partial charge in [-0.3, -0.25) is 0 Å². The topological polar surface area (TPSA) is 20.2 Å². The Bertz CT molecular complexity index is 753. The average molecular weight is 379 g/mol. The SMILES string of the molecule is CC(C)=CCC[C@](C)(O)[C@@H](/C=C\C=C\c1ccccc1)Sc1ccccc1. The maximum atomic E-state index is 11.1. The second-order valence-electron chi connectivity index (χ2n) is 7.18. The van der Waals surface area contributed by atoms with Crippen LogP contribution in [-0.4, -0.2) is 16.0 Å². The van der Waals surface area contributed by atoms with Gasteiger partial charge in [0, 0.05) is 4.90 Å². The standard InChI is InChI=1S/C25H30OS/c1-21(2)13-12-20-25(3,26)24(27-23-17-8-5-9-18-23)19-11-10-16-22-14-6-4-7-15-22/h4-11,13-19,24,26H,12,20H2,1-3H3/b16-10+,19-11-/t24-,25+/m1/s1. The van der Waals surface area contributed by atoms with E-state index >= 15 is 0 Å². The molecule has 2 heteroatoms. The molecule has 0 radical (unpaired) electrons. The van der Waals surface area contributed by atoms with Crippen LogP contribution in [0.2, 0.25) is 0 Å². The number of rotatable bonds is 9. The highest BCUT2D eigenvalue weighted by molar-refractivity contribution is 8.00. The first kappa shape index (κ1) is 21.3. The van der Waals surface area contributed by atoms with Crippen LogP contribution in [0.15, 0.2) is 95.4 Å². The first-order valence-corrected chi connectivity index (χ1v) is 10.3. The highest BCUT2D eigenvalue weighted by atomic mass is 32.2. The van der Waals surface area contributed by atoms with E-state index in [-0.39, 0.29) is 5.25 Å².